The lowest BCUT2D eigenvalue weighted by atomic mass is 10.0. The lowest BCUT2D eigenvalue weighted by Gasteiger charge is -2.42. The minimum atomic E-state index is 0.441. The summed E-state index contributed by atoms with van der Waals surface area (Å²) in [5.41, 5.74) is 1.24. The van der Waals surface area contributed by atoms with Gasteiger partial charge in [-0.2, -0.15) is 0 Å². The summed E-state index contributed by atoms with van der Waals surface area (Å²) in [7, 11) is 0. The molecule has 0 radical (unpaired) electrons. The van der Waals surface area contributed by atoms with Crippen LogP contribution >= 0.6 is 0 Å². The Labute approximate surface area is 128 Å². The van der Waals surface area contributed by atoms with E-state index in [1.165, 1.54) is 38.0 Å². The first-order valence-corrected chi connectivity index (χ1v) is 8.48. The van der Waals surface area contributed by atoms with Crippen molar-refractivity contribution in [2.75, 3.05) is 39.3 Å². The van der Waals surface area contributed by atoms with E-state index in [-0.39, 0.29) is 0 Å². The molecule has 2 fully saturated rings. The Bertz CT molecular complexity index is 416. The first-order chi connectivity index (χ1) is 10.4. The van der Waals surface area contributed by atoms with Crippen molar-refractivity contribution < 1.29 is 0 Å². The van der Waals surface area contributed by atoms with Gasteiger partial charge < -0.3 is 10.2 Å². The third kappa shape index (κ3) is 3.62. The van der Waals surface area contributed by atoms with Crippen molar-refractivity contribution in [3.05, 3.63) is 30.1 Å². The van der Waals surface area contributed by atoms with Crippen LogP contribution < -0.4 is 5.32 Å². The second-order valence-electron chi connectivity index (χ2n) is 6.28. The van der Waals surface area contributed by atoms with Crippen LogP contribution in [0, 0.1) is 0 Å². The Morgan fingerprint density at radius 2 is 2.14 bits per heavy atom. The van der Waals surface area contributed by atoms with Crippen LogP contribution in [0.1, 0.15) is 37.9 Å². The Morgan fingerprint density at radius 1 is 1.29 bits per heavy atom. The van der Waals surface area contributed by atoms with Crippen molar-refractivity contribution in [3.8, 4) is 0 Å². The molecular weight excluding hydrogens is 260 g/mol. The molecule has 0 aromatic carbocycles. The second kappa shape index (κ2) is 7.34. The molecule has 0 amide bonds. The second-order valence-corrected chi connectivity index (χ2v) is 6.28. The number of rotatable bonds is 5. The quantitative estimate of drug-likeness (QED) is 0.897. The minimum absolute atomic E-state index is 0.441. The van der Waals surface area contributed by atoms with Crippen LogP contribution in [-0.2, 0) is 0 Å². The van der Waals surface area contributed by atoms with Gasteiger partial charge in [0.2, 0.25) is 0 Å². The fourth-order valence-electron chi connectivity index (χ4n) is 3.72. The lowest BCUT2D eigenvalue weighted by molar-refractivity contribution is 0.0776. The summed E-state index contributed by atoms with van der Waals surface area (Å²) in [6.07, 6.45) is 5.85. The molecule has 2 atom stereocenters. The Kier molecular flexibility index (Phi) is 5.22. The van der Waals surface area contributed by atoms with Crippen molar-refractivity contribution in [2.45, 2.75) is 38.3 Å². The maximum Gasteiger partial charge on any atom is 0.0652 e. The molecule has 1 aromatic rings. The number of hydrogen-bond donors (Lipinski definition) is 1. The van der Waals surface area contributed by atoms with Gasteiger partial charge in [0.1, 0.15) is 0 Å². The minimum Gasteiger partial charge on any atom is -0.314 e. The summed E-state index contributed by atoms with van der Waals surface area (Å²) in [6.45, 7) is 9.29. The van der Waals surface area contributed by atoms with Gasteiger partial charge >= 0.3 is 0 Å². The van der Waals surface area contributed by atoms with E-state index in [2.05, 4.69) is 39.2 Å². The van der Waals surface area contributed by atoms with Crippen molar-refractivity contribution in [2.24, 2.45) is 0 Å². The van der Waals surface area contributed by atoms with Gasteiger partial charge in [0.05, 0.1) is 11.7 Å². The van der Waals surface area contributed by atoms with Gasteiger partial charge in [-0.05, 0) is 44.5 Å². The fraction of sp³-hybridized carbons (Fsp3) is 0.706. The van der Waals surface area contributed by atoms with Gasteiger partial charge in [-0.15, -0.1) is 0 Å². The van der Waals surface area contributed by atoms with E-state index in [9.17, 15) is 0 Å². The van der Waals surface area contributed by atoms with Crippen LogP contribution in [0.25, 0.3) is 0 Å². The van der Waals surface area contributed by atoms with Gasteiger partial charge in [-0.3, -0.25) is 9.88 Å². The number of nitrogens with zero attached hydrogens (tertiary/aromatic N) is 3. The van der Waals surface area contributed by atoms with Gasteiger partial charge in [-0.25, -0.2) is 0 Å². The van der Waals surface area contributed by atoms with E-state index in [1.807, 2.05) is 12.3 Å². The number of piperazine rings is 1. The normalized spacial score (nSPS) is 26.0. The van der Waals surface area contributed by atoms with Crippen LogP contribution in [-0.4, -0.2) is 60.1 Å². The van der Waals surface area contributed by atoms with E-state index in [0.29, 0.717) is 12.1 Å². The predicted molar refractivity (Wildman–Crippen MR) is 86.3 cm³/mol. The molecule has 3 heterocycles. The fourth-order valence-corrected chi connectivity index (χ4v) is 3.72. The zero-order valence-electron chi connectivity index (χ0n) is 13.2. The molecule has 0 bridgehead atoms. The van der Waals surface area contributed by atoms with Gasteiger partial charge in [0, 0.05) is 38.4 Å². The molecule has 0 saturated carbocycles. The van der Waals surface area contributed by atoms with E-state index >= 15 is 0 Å². The van der Waals surface area contributed by atoms with Crippen LogP contribution in [0.3, 0.4) is 0 Å². The molecule has 116 valence electrons. The van der Waals surface area contributed by atoms with Crippen LogP contribution in [0.5, 0.6) is 0 Å². The van der Waals surface area contributed by atoms with E-state index in [4.69, 9.17) is 0 Å². The van der Waals surface area contributed by atoms with E-state index < -0.39 is 0 Å². The first-order valence-electron chi connectivity index (χ1n) is 8.48. The number of likely N-dealkylation sites (tertiary alicyclic amines) is 1. The highest BCUT2D eigenvalue weighted by atomic mass is 15.3. The summed E-state index contributed by atoms with van der Waals surface area (Å²) in [6, 6.07) is 7.42. The molecule has 2 saturated heterocycles. The van der Waals surface area contributed by atoms with Crippen molar-refractivity contribution in [3.63, 3.8) is 0 Å². The van der Waals surface area contributed by atoms with Gasteiger partial charge in [0.15, 0.2) is 0 Å². The Balaban J connectivity index is 1.80. The standard InChI is InChI=1S/C17H28N4/c1-2-15-13-18-9-12-21(15)17(14-20-10-5-6-11-20)16-7-3-4-8-19-16/h3-4,7-8,15,17-18H,2,5-6,9-14H2,1H3. The van der Waals surface area contributed by atoms with E-state index in [1.54, 1.807) is 0 Å². The zero-order valence-corrected chi connectivity index (χ0v) is 13.2. The smallest absolute Gasteiger partial charge is 0.0652 e. The average molecular weight is 288 g/mol. The zero-order chi connectivity index (χ0) is 14.5. The SMILES string of the molecule is CCC1CNCCN1C(CN1CCCC1)c1ccccn1. The number of aromatic nitrogens is 1. The van der Waals surface area contributed by atoms with E-state index in [0.717, 1.165) is 26.2 Å². The third-order valence-electron chi connectivity index (χ3n) is 4.93. The molecule has 4 nitrogen and oxygen atoms in total. The predicted octanol–water partition coefficient (Wildman–Crippen LogP) is 1.90. The monoisotopic (exact) mass is 288 g/mol. The highest BCUT2D eigenvalue weighted by Gasteiger charge is 2.31. The highest BCUT2D eigenvalue weighted by molar-refractivity contribution is 5.11. The lowest BCUT2D eigenvalue weighted by Crippen LogP contribution is -2.54. The summed E-state index contributed by atoms with van der Waals surface area (Å²) >= 11 is 0. The highest BCUT2D eigenvalue weighted by Crippen LogP contribution is 2.26. The number of hydrogen-bond acceptors (Lipinski definition) is 4. The third-order valence-corrected chi connectivity index (χ3v) is 4.93. The van der Waals surface area contributed by atoms with Gasteiger partial charge in [0.25, 0.3) is 0 Å². The molecule has 1 aromatic heterocycles. The molecule has 4 heteroatoms. The number of pyridine rings is 1. The van der Waals surface area contributed by atoms with Crippen LogP contribution in [0.2, 0.25) is 0 Å². The van der Waals surface area contributed by atoms with Crippen molar-refractivity contribution in [1.82, 2.24) is 20.1 Å². The molecule has 2 unspecified atom stereocenters. The van der Waals surface area contributed by atoms with Crippen molar-refractivity contribution in [1.29, 1.82) is 0 Å². The maximum atomic E-state index is 4.68. The molecule has 0 aliphatic carbocycles. The summed E-state index contributed by atoms with van der Waals surface area (Å²) < 4.78 is 0. The van der Waals surface area contributed by atoms with Crippen molar-refractivity contribution >= 4 is 0 Å². The largest absolute Gasteiger partial charge is 0.314 e. The molecular formula is C17H28N4. The molecule has 1 N–H and O–H groups in total. The molecule has 0 spiro atoms. The molecule has 21 heavy (non-hydrogen) atoms. The molecule has 3 rings (SSSR count). The maximum absolute atomic E-state index is 4.68. The first kappa shape index (κ1) is 14.9. The summed E-state index contributed by atoms with van der Waals surface area (Å²) in [5.74, 6) is 0. The summed E-state index contributed by atoms with van der Waals surface area (Å²) in [5, 5.41) is 3.54. The molecule has 2 aliphatic rings. The topological polar surface area (TPSA) is 31.4 Å². The Hall–Kier alpha value is -0.970. The number of nitrogens with one attached hydrogen (secondary N) is 1. The van der Waals surface area contributed by atoms with Crippen LogP contribution in [0.4, 0.5) is 0 Å². The average Bonchev–Trinajstić information content (AvgIpc) is 3.06. The van der Waals surface area contributed by atoms with Gasteiger partial charge in [-0.1, -0.05) is 13.0 Å². The molecule has 2 aliphatic heterocycles. The summed E-state index contributed by atoms with van der Waals surface area (Å²) in [4.78, 5) is 9.99. The van der Waals surface area contributed by atoms with Crippen LogP contribution in [0.15, 0.2) is 24.4 Å². The Morgan fingerprint density at radius 3 is 2.86 bits per heavy atom.